The molecule has 88 valence electrons. The third-order valence-electron chi connectivity index (χ3n) is 2.59. The summed E-state index contributed by atoms with van der Waals surface area (Å²) in [6.45, 7) is 2.03. The number of nitrogens with zero attached hydrogens (tertiary/aromatic N) is 2. The van der Waals surface area contributed by atoms with Crippen molar-refractivity contribution in [3.05, 3.63) is 41.9 Å². The highest BCUT2D eigenvalue weighted by Gasteiger charge is 2.14. The number of hydrogen-bond donors (Lipinski definition) is 0. The minimum atomic E-state index is -0.425. The molecule has 0 aliphatic heterocycles. The zero-order valence-corrected chi connectivity index (χ0v) is 10.1. The number of ether oxygens (including phenoxy) is 1. The quantitative estimate of drug-likeness (QED) is 0.743. The molecule has 0 fully saturated rings. The number of aromatic nitrogens is 2. The van der Waals surface area contributed by atoms with Crippen LogP contribution in [0.4, 0.5) is 0 Å². The summed E-state index contributed by atoms with van der Waals surface area (Å²) in [5, 5.41) is 0. The van der Waals surface area contributed by atoms with E-state index in [-0.39, 0.29) is 0 Å². The van der Waals surface area contributed by atoms with Crippen molar-refractivity contribution in [3.63, 3.8) is 0 Å². The monoisotopic (exact) mass is 230 g/mol. The number of aryl methyl sites for hydroxylation is 2. The zero-order valence-electron chi connectivity index (χ0n) is 10.1. The Morgan fingerprint density at radius 3 is 2.53 bits per heavy atom. The first-order chi connectivity index (χ1) is 8.11. The molecule has 0 spiro atoms. The number of benzene rings is 1. The summed E-state index contributed by atoms with van der Waals surface area (Å²) in [5.74, 6) is -0.117. The maximum Gasteiger partial charge on any atom is 0.374 e. The van der Waals surface area contributed by atoms with E-state index in [2.05, 4.69) is 9.72 Å². The lowest BCUT2D eigenvalue weighted by atomic mass is 10.1. The second kappa shape index (κ2) is 4.41. The van der Waals surface area contributed by atoms with Crippen LogP contribution in [0.2, 0.25) is 0 Å². The molecule has 2 aromatic rings. The minimum Gasteiger partial charge on any atom is -0.463 e. The maximum absolute atomic E-state index is 11.4. The molecule has 1 aromatic carbocycles. The molecule has 4 heteroatoms. The molecule has 1 aromatic heterocycles. The molecule has 0 aliphatic carbocycles. The van der Waals surface area contributed by atoms with Gasteiger partial charge >= 0.3 is 5.97 Å². The predicted molar refractivity (Wildman–Crippen MR) is 64.7 cm³/mol. The smallest absolute Gasteiger partial charge is 0.374 e. The number of carbonyl (C=O) groups excluding carboxylic acids is 1. The van der Waals surface area contributed by atoms with Gasteiger partial charge in [0.05, 0.1) is 12.8 Å². The third kappa shape index (κ3) is 2.20. The standard InChI is InChI=1S/C13H14N2O2/c1-9-4-6-10(7-5-9)11-8-15(2)12(14-11)13(16)17-3/h4-8H,1-3H3. The van der Waals surface area contributed by atoms with E-state index in [9.17, 15) is 4.79 Å². The van der Waals surface area contributed by atoms with Gasteiger partial charge in [0, 0.05) is 18.8 Å². The molecule has 2 rings (SSSR count). The van der Waals surface area contributed by atoms with Crippen molar-refractivity contribution >= 4 is 5.97 Å². The maximum atomic E-state index is 11.4. The zero-order chi connectivity index (χ0) is 12.4. The Bertz CT molecular complexity index is 541. The first kappa shape index (κ1) is 11.4. The molecule has 0 radical (unpaired) electrons. The molecule has 0 saturated carbocycles. The molecule has 0 bridgehead atoms. The van der Waals surface area contributed by atoms with Crippen LogP contribution in [0.5, 0.6) is 0 Å². The number of rotatable bonds is 2. The second-order valence-electron chi connectivity index (χ2n) is 3.92. The average molecular weight is 230 g/mol. The van der Waals surface area contributed by atoms with Crippen LogP contribution in [0.3, 0.4) is 0 Å². The highest BCUT2D eigenvalue weighted by molar-refractivity contribution is 5.86. The number of methoxy groups -OCH3 is 1. The van der Waals surface area contributed by atoms with Gasteiger partial charge in [0.1, 0.15) is 0 Å². The first-order valence-corrected chi connectivity index (χ1v) is 5.30. The number of hydrogen-bond acceptors (Lipinski definition) is 3. The van der Waals surface area contributed by atoms with Gasteiger partial charge in [0.25, 0.3) is 0 Å². The van der Waals surface area contributed by atoms with Crippen molar-refractivity contribution in [1.29, 1.82) is 0 Å². The summed E-state index contributed by atoms with van der Waals surface area (Å²) in [7, 11) is 3.12. The van der Waals surface area contributed by atoms with Crippen LogP contribution in [0.15, 0.2) is 30.5 Å². The summed E-state index contributed by atoms with van der Waals surface area (Å²) < 4.78 is 6.33. The Morgan fingerprint density at radius 2 is 1.94 bits per heavy atom. The van der Waals surface area contributed by atoms with Gasteiger partial charge in [-0.2, -0.15) is 0 Å². The summed E-state index contributed by atoms with van der Waals surface area (Å²) in [6.07, 6.45) is 1.82. The summed E-state index contributed by atoms with van der Waals surface area (Å²) in [6, 6.07) is 8.00. The van der Waals surface area contributed by atoms with Gasteiger partial charge in [-0.25, -0.2) is 9.78 Å². The van der Waals surface area contributed by atoms with Crippen LogP contribution in [0.1, 0.15) is 16.2 Å². The highest BCUT2D eigenvalue weighted by atomic mass is 16.5. The average Bonchev–Trinajstić information content (AvgIpc) is 2.71. The van der Waals surface area contributed by atoms with E-state index < -0.39 is 5.97 Å². The molecule has 4 nitrogen and oxygen atoms in total. The van der Waals surface area contributed by atoms with Gasteiger partial charge in [-0.15, -0.1) is 0 Å². The van der Waals surface area contributed by atoms with E-state index in [1.54, 1.807) is 11.6 Å². The fraction of sp³-hybridized carbons (Fsp3) is 0.231. The first-order valence-electron chi connectivity index (χ1n) is 5.30. The van der Waals surface area contributed by atoms with Gasteiger partial charge in [0.2, 0.25) is 5.82 Å². The molecule has 0 saturated heterocycles. The van der Waals surface area contributed by atoms with E-state index in [0.717, 1.165) is 11.3 Å². The molecule has 0 amide bonds. The van der Waals surface area contributed by atoms with Crippen molar-refractivity contribution in [2.75, 3.05) is 7.11 Å². The van der Waals surface area contributed by atoms with Crippen molar-refractivity contribution in [3.8, 4) is 11.3 Å². The van der Waals surface area contributed by atoms with Gasteiger partial charge in [-0.05, 0) is 6.92 Å². The van der Waals surface area contributed by atoms with Gasteiger partial charge in [-0.1, -0.05) is 29.8 Å². The van der Waals surface area contributed by atoms with Crippen molar-refractivity contribution < 1.29 is 9.53 Å². The van der Waals surface area contributed by atoms with Crippen molar-refractivity contribution in [2.24, 2.45) is 7.05 Å². The molecule has 0 unspecified atom stereocenters. The van der Waals surface area contributed by atoms with Crippen molar-refractivity contribution in [2.45, 2.75) is 6.92 Å². The molecular formula is C13H14N2O2. The van der Waals surface area contributed by atoms with Gasteiger partial charge in [0.15, 0.2) is 0 Å². The third-order valence-corrected chi connectivity index (χ3v) is 2.59. The number of esters is 1. The Morgan fingerprint density at radius 1 is 1.29 bits per heavy atom. The number of imidazole rings is 1. The van der Waals surface area contributed by atoms with E-state index >= 15 is 0 Å². The summed E-state index contributed by atoms with van der Waals surface area (Å²) in [5.41, 5.74) is 2.95. The molecule has 0 N–H and O–H groups in total. The van der Waals surface area contributed by atoms with Crippen LogP contribution < -0.4 is 0 Å². The van der Waals surface area contributed by atoms with Crippen LogP contribution in [0, 0.1) is 6.92 Å². The Labute approximate surface area is 99.9 Å². The van der Waals surface area contributed by atoms with Crippen LogP contribution >= 0.6 is 0 Å². The summed E-state index contributed by atoms with van der Waals surface area (Å²) in [4.78, 5) is 15.7. The van der Waals surface area contributed by atoms with Gasteiger partial charge in [-0.3, -0.25) is 0 Å². The molecule has 1 heterocycles. The normalized spacial score (nSPS) is 10.3. The van der Waals surface area contributed by atoms with E-state index in [0.29, 0.717) is 5.82 Å². The van der Waals surface area contributed by atoms with E-state index in [4.69, 9.17) is 0 Å². The Hall–Kier alpha value is -2.10. The lowest BCUT2D eigenvalue weighted by molar-refractivity contribution is 0.0583. The fourth-order valence-electron chi connectivity index (χ4n) is 1.61. The topological polar surface area (TPSA) is 44.1 Å². The van der Waals surface area contributed by atoms with Crippen LogP contribution in [-0.2, 0) is 11.8 Å². The molecule has 0 atom stereocenters. The number of carbonyl (C=O) groups is 1. The Kier molecular flexibility index (Phi) is 2.95. The van der Waals surface area contributed by atoms with E-state index in [1.807, 2.05) is 37.4 Å². The summed E-state index contributed by atoms with van der Waals surface area (Å²) >= 11 is 0. The highest BCUT2D eigenvalue weighted by Crippen LogP contribution is 2.19. The molecule has 17 heavy (non-hydrogen) atoms. The molecular weight excluding hydrogens is 216 g/mol. The lowest BCUT2D eigenvalue weighted by Crippen LogP contribution is -2.08. The molecule has 0 aliphatic rings. The fourth-order valence-corrected chi connectivity index (χ4v) is 1.61. The Balaban J connectivity index is 2.41. The van der Waals surface area contributed by atoms with Crippen LogP contribution in [-0.4, -0.2) is 22.6 Å². The predicted octanol–water partition coefficient (Wildman–Crippen LogP) is 2.18. The second-order valence-corrected chi connectivity index (χ2v) is 3.92. The minimum absolute atomic E-state index is 0.308. The van der Waals surface area contributed by atoms with E-state index in [1.165, 1.54) is 12.7 Å². The lowest BCUT2D eigenvalue weighted by Gasteiger charge is -1.97. The SMILES string of the molecule is COC(=O)c1nc(-c2ccc(C)cc2)cn1C. The van der Waals surface area contributed by atoms with Gasteiger partial charge < -0.3 is 9.30 Å². The van der Waals surface area contributed by atoms with Crippen molar-refractivity contribution in [1.82, 2.24) is 9.55 Å². The van der Waals surface area contributed by atoms with Crippen LogP contribution in [0.25, 0.3) is 11.3 Å². The largest absolute Gasteiger partial charge is 0.463 e.